The van der Waals surface area contributed by atoms with Crippen LogP contribution in [0, 0.1) is 0 Å². The number of carbonyl (C=O) groups is 1. The van der Waals surface area contributed by atoms with Crippen molar-refractivity contribution >= 4 is 11.6 Å². The Kier molecular flexibility index (Phi) is 4.99. The van der Waals surface area contributed by atoms with E-state index in [1.165, 1.54) is 5.56 Å². The van der Waals surface area contributed by atoms with Crippen molar-refractivity contribution in [1.82, 2.24) is 5.32 Å². The van der Waals surface area contributed by atoms with Crippen molar-refractivity contribution in [1.29, 1.82) is 0 Å². The van der Waals surface area contributed by atoms with E-state index in [4.69, 9.17) is 0 Å². The molecular weight excluding hydrogens is 200 g/mol. The lowest BCUT2D eigenvalue weighted by Gasteiger charge is -2.14. The van der Waals surface area contributed by atoms with E-state index in [0.717, 1.165) is 12.2 Å². The van der Waals surface area contributed by atoms with Crippen molar-refractivity contribution in [2.24, 2.45) is 0 Å². The van der Waals surface area contributed by atoms with Crippen LogP contribution in [0.25, 0.3) is 0 Å². The van der Waals surface area contributed by atoms with Crippen molar-refractivity contribution in [2.75, 3.05) is 11.9 Å². The second-order valence-electron chi connectivity index (χ2n) is 3.81. The highest BCUT2D eigenvalue weighted by Crippen LogP contribution is 2.17. The first kappa shape index (κ1) is 12.7. The topological polar surface area (TPSA) is 41.1 Å². The van der Waals surface area contributed by atoms with Gasteiger partial charge in [0.05, 0.1) is 0 Å². The molecule has 0 heterocycles. The smallest absolute Gasteiger partial charge is 0.224 e. The van der Waals surface area contributed by atoms with Crippen molar-refractivity contribution < 1.29 is 4.79 Å². The fourth-order valence-electron chi connectivity index (χ4n) is 1.56. The summed E-state index contributed by atoms with van der Waals surface area (Å²) in [4.78, 5) is 11.3. The number of rotatable bonds is 5. The van der Waals surface area contributed by atoms with Gasteiger partial charge in [0.15, 0.2) is 0 Å². The molecule has 0 fully saturated rings. The monoisotopic (exact) mass is 220 g/mol. The zero-order valence-electron chi connectivity index (χ0n) is 10.2. The second kappa shape index (κ2) is 6.28. The molecule has 0 aliphatic heterocycles. The van der Waals surface area contributed by atoms with E-state index in [9.17, 15) is 4.79 Å². The zero-order chi connectivity index (χ0) is 12.0. The highest BCUT2D eigenvalue weighted by Gasteiger charge is 2.05. The molecule has 3 nitrogen and oxygen atoms in total. The molecule has 0 bridgehead atoms. The van der Waals surface area contributed by atoms with Gasteiger partial charge in [0.25, 0.3) is 0 Å². The number of amides is 1. The normalized spacial score (nSPS) is 12.2. The fraction of sp³-hybridized carbons (Fsp3) is 0.462. The highest BCUT2D eigenvalue weighted by molar-refractivity contribution is 5.90. The maximum Gasteiger partial charge on any atom is 0.224 e. The van der Waals surface area contributed by atoms with Gasteiger partial charge in [-0.15, -0.1) is 0 Å². The van der Waals surface area contributed by atoms with Gasteiger partial charge in [0.1, 0.15) is 0 Å². The molecular formula is C13H20N2O. The van der Waals surface area contributed by atoms with Crippen LogP contribution in [-0.4, -0.2) is 12.5 Å². The van der Waals surface area contributed by atoms with Gasteiger partial charge in [0, 0.05) is 18.2 Å². The largest absolute Gasteiger partial charge is 0.326 e. The van der Waals surface area contributed by atoms with Crippen molar-refractivity contribution in [2.45, 2.75) is 33.2 Å². The molecule has 16 heavy (non-hydrogen) atoms. The Labute approximate surface area is 97.2 Å². The first-order valence-corrected chi connectivity index (χ1v) is 5.80. The lowest BCUT2D eigenvalue weighted by molar-refractivity contribution is -0.115. The molecule has 0 aromatic heterocycles. The van der Waals surface area contributed by atoms with Crippen LogP contribution in [0.5, 0.6) is 0 Å². The van der Waals surface area contributed by atoms with Gasteiger partial charge in [-0.1, -0.05) is 26.0 Å². The van der Waals surface area contributed by atoms with Crippen LogP contribution in [0.4, 0.5) is 5.69 Å². The summed E-state index contributed by atoms with van der Waals surface area (Å²) >= 11 is 0. The van der Waals surface area contributed by atoms with E-state index in [-0.39, 0.29) is 5.91 Å². The van der Waals surface area contributed by atoms with Gasteiger partial charge in [-0.05, 0) is 31.2 Å². The molecule has 1 rings (SSSR count). The maximum absolute atomic E-state index is 11.3. The third-order valence-electron chi connectivity index (χ3n) is 2.50. The molecule has 0 radical (unpaired) electrons. The van der Waals surface area contributed by atoms with Crippen LogP contribution in [0.15, 0.2) is 24.3 Å². The van der Waals surface area contributed by atoms with E-state index < -0.39 is 0 Å². The average Bonchev–Trinajstić information content (AvgIpc) is 2.29. The van der Waals surface area contributed by atoms with Crippen LogP contribution >= 0.6 is 0 Å². The van der Waals surface area contributed by atoms with E-state index in [1.807, 2.05) is 25.1 Å². The molecule has 3 heteroatoms. The van der Waals surface area contributed by atoms with Crippen LogP contribution in [0.3, 0.4) is 0 Å². The van der Waals surface area contributed by atoms with Gasteiger partial charge in [-0.2, -0.15) is 0 Å². The SMILES string of the molecule is CCNC(C)c1cccc(NC(=O)CC)c1. The van der Waals surface area contributed by atoms with Crippen molar-refractivity contribution in [3.8, 4) is 0 Å². The quantitative estimate of drug-likeness (QED) is 0.801. The van der Waals surface area contributed by atoms with Crippen LogP contribution in [-0.2, 0) is 4.79 Å². The molecule has 1 aromatic carbocycles. The Morgan fingerprint density at radius 3 is 2.75 bits per heavy atom. The minimum absolute atomic E-state index is 0.0493. The number of hydrogen-bond donors (Lipinski definition) is 2. The van der Waals surface area contributed by atoms with Gasteiger partial charge >= 0.3 is 0 Å². The summed E-state index contributed by atoms with van der Waals surface area (Å²) in [5, 5.41) is 6.21. The summed E-state index contributed by atoms with van der Waals surface area (Å²) in [7, 11) is 0. The fourth-order valence-corrected chi connectivity index (χ4v) is 1.56. The minimum atomic E-state index is 0.0493. The third kappa shape index (κ3) is 3.66. The number of hydrogen-bond acceptors (Lipinski definition) is 2. The Morgan fingerprint density at radius 1 is 1.38 bits per heavy atom. The summed E-state index contributed by atoms with van der Waals surface area (Å²) < 4.78 is 0. The summed E-state index contributed by atoms with van der Waals surface area (Å²) in [6.07, 6.45) is 0.507. The van der Waals surface area contributed by atoms with E-state index >= 15 is 0 Å². The van der Waals surface area contributed by atoms with Gasteiger partial charge in [0.2, 0.25) is 5.91 Å². The molecule has 1 unspecified atom stereocenters. The van der Waals surface area contributed by atoms with Gasteiger partial charge in [-0.3, -0.25) is 4.79 Å². The molecule has 0 aliphatic rings. The molecule has 0 saturated heterocycles. The standard InChI is InChI=1S/C13H20N2O/c1-4-13(16)15-12-8-6-7-11(9-12)10(3)14-5-2/h6-10,14H,4-5H2,1-3H3,(H,15,16). The van der Waals surface area contributed by atoms with Gasteiger partial charge in [-0.25, -0.2) is 0 Å². The van der Waals surface area contributed by atoms with Crippen molar-refractivity contribution in [3.63, 3.8) is 0 Å². The van der Waals surface area contributed by atoms with E-state index in [0.29, 0.717) is 12.5 Å². The lowest BCUT2D eigenvalue weighted by Crippen LogP contribution is -2.18. The third-order valence-corrected chi connectivity index (χ3v) is 2.50. The molecule has 2 N–H and O–H groups in total. The number of nitrogens with one attached hydrogen (secondary N) is 2. The summed E-state index contributed by atoms with van der Waals surface area (Å²) in [5.74, 6) is 0.0493. The number of anilines is 1. The van der Waals surface area contributed by atoms with Crippen LogP contribution < -0.4 is 10.6 Å². The number of benzene rings is 1. The lowest BCUT2D eigenvalue weighted by atomic mass is 10.1. The maximum atomic E-state index is 11.3. The van der Waals surface area contributed by atoms with Gasteiger partial charge < -0.3 is 10.6 Å². The van der Waals surface area contributed by atoms with Crippen LogP contribution in [0.1, 0.15) is 38.8 Å². The molecule has 1 amide bonds. The molecule has 88 valence electrons. The predicted molar refractivity (Wildman–Crippen MR) is 67.5 cm³/mol. The Bertz CT molecular complexity index is 350. The molecule has 0 saturated carbocycles. The number of carbonyl (C=O) groups excluding carboxylic acids is 1. The average molecular weight is 220 g/mol. The Hall–Kier alpha value is -1.35. The zero-order valence-corrected chi connectivity index (χ0v) is 10.2. The minimum Gasteiger partial charge on any atom is -0.326 e. The molecule has 1 aromatic rings. The first-order chi connectivity index (χ1) is 7.67. The predicted octanol–water partition coefficient (Wildman–Crippen LogP) is 2.71. The molecule has 1 atom stereocenters. The molecule has 0 spiro atoms. The first-order valence-electron chi connectivity index (χ1n) is 5.80. The summed E-state index contributed by atoms with van der Waals surface area (Å²) in [6.45, 7) is 6.98. The summed E-state index contributed by atoms with van der Waals surface area (Å²) in [5.41, 5.74) is 2.06. The Balaban J connectivity index is 2.74. The van der Waals surface area contributed by atoms with Crippen molar-refractivity contribution in [3.05, 3.63) is 29.8 Å². The summed E-state index contributed by atoms with van der Waals surface area (Å²) in [6, 6.07) is 8.27. The Morgan fingerprint density at radius 2 is 2.12 bits per heavy atom. The van der Waals surface area contributed by atoms with Crippen LogP contribution in [0.2, 0.25) is 0 Å². The van der Waals surface area contributed by atoms with E-state index in [2.05, 4.69) is 30.5 Å². The highest BCUT2D eigenvalue weighted by atomic mass is 16.1. The van der Waals surface area contributed by atoms with E-state index in [1.54, 1.807) is 0 Å². The molecule has 0 aliphatic carbocycles. The second-order valence-corrected chi connectivity index (χ2v) is 3.81.